The molecule has 2 saturated heterocycles. The molecule has 5 rings (SSSR count). The number of aryl methyl sites for hydroxylation is 1. The fraction of sp³-hybridized carbons (Fsp3) is 0.577. The summed E-state index contributed by atoms with van der Waals surface area (Å²) in [6, 6.07) is 6.47. The third-order valence-corrected chi connectivity index (χ3v) is 7.15. The molecule has 1 aromatic heterocycles. The molecule has 3 aliphatic heterocycles. The van der Waals surface area contributed by atoms with Gasteiger partial charge in [0.05, 0.1) is 24.4 Å². The van der Waals surface area contributed by atoms with Gasteiger partial charge in [0.25, 0.3) is 0 Å². The van der Waals surface area contributed by atoms with Crippen LogP contribution in [0.2, 0.25) is 0 Å². The molecule has 1 spiro atoms. The number of piperidine rings is 1. The number of benzene rings is 1. The number of ether oxygens (including phenoxy) is 3. The number of likely N-dealkylation sites (tertiary alicyclic amines) is 1. The minimum atomic E-state index is -0.602. The van der Waals surface area contributed by atoms with Crippen LogP contribution in [0.1, 0.15) is 63.1 Å². The van der Waals surface area contributed by atoms with Crippen LogP contribution >= 0.6 is 0 Å². The Kier molecular flexibility index (Phi) is 6.31. The van der Waals surface area contributed by atoms with Crippen molar-refractivity contribution in [2.45, 2.75) is 63.8 Å². The fourth-order valence-corrected chi connectivity index (χ4v) is 5.23. The SMILES string of the molecule is CCCc1ccc2c(c1)C1(CCN(CCOc3cnc(C4COC(C)(C)O4)nc3)CC1)C(=O)N2. The van der Waals surface area contributed by atoms with E-state index in [-0.39, 0.29) is 17.4 Å². The Labute approximate surface area is 201 Å². The fourth-order valence-electron chi connectivity index (χ4n) is 5.23. The number of nitrogens with zero attached hydrogens (tertiary/aromatic N) is 3. The summed E-state index contributed by atoms with van der Waals surface area (Å²) in [4.78, 5) is 24.1. The molecular weight excluding hydrogens is 432 g/mol. The van der Waals surface area contributed by atoms with Crippen LogP contribution in [-0.2, 0) is 26.1 Å². The Hall–Kier alpha value is -2.55. The molecule has 182 valence electrons. The Morgan fingerprint density at radius 2 is 1.97 bits per heavy atom. The van der Waals surface area contributed by atoms with Crippen LogP contribution in [0.25, 0.3) is 0 Å². The maximum absolute atomic E-state index is 13.0. The van der Waals surface area contributed by atoms with Crippen molar-refractivity contribution >= 4 is 11.6 Å². The minimum Gasteiger partial charge on any atom is -0.489 e. The van der Waals surface area contributed by atoms with E-state index in [0.717, 1.165) is 51.0 Å². The molecule has 8 nitrogen and oxygen atoms in total. The summed E-state index contributed by atoms with van der Waals surface area (Å²) in [7, 11) is 0. The lowest BCUT2D eigenvalue weighted by molar-refractivity contribution is -0.140. The van der Waals surface area contributed by atoms with Crippen molar-refractivity contribution in [1.82, 2.24) is 14.9 Å². The average molecular weight is 467 g/mol. The van der Waals surface area contributed by atoms with Crippen LogP contribution < -0.4 is 10.1 Å². The predicted octanol–water partition coefficient (Wildman–Crippen LogP) is 3.62. The first-order valence-corrected chi connectivity index (χ1v) is 12.3. The molecule has 1 unspecified atom stereocenters. The summed E-state index contributed by atoms with van der Waals surface area (Å²) in [5, 5.41) is 3.12. The van der Waals surface area contributed by atoms with Gasteiger partial charge >= 0.3 is 0 Å². The van der Waals surface area contributed by atoms with Gasteiger partial charge in [-0.2, -0.15) is 0 Å². The number of carbonyl (C=O) groups is 1. The van der Waals surface area contributed by atoms with Gasteiger partial charge in [-0.05, 0) is 63.4 Å². The largest absolute Gasteiger partial charge is 0.489 e. The molecule has 3 aliphatic rings. The molecule has 0 saturated carbocycles. The monoisotopic (exact) mass is 466 g/mol. The normalized spacial score (nSPS) is 23.1. The van der Waals surface area contributed by atoms with Crippen LogP contribution in [0.3, 0.4) is 0 Å². The molecule has 2 fully saturated rings. The quantitative estimate of drug-likeness (QED) is 0.667. The highest BCUT2D eigenvalue weighted by Gasteiger charge is 2.48. The number of hydrogen-bond acceptors (Lipinski definition) is 7. The molecule has 2 aromatic rings. The highest BCUT2D eigenvalue weighted by atomic mass is 16.7. The molecule has 0 bridgehead atoms. The molecule has 1 atom stereocenters. The van der Waals surface area contributed by atoms with Gasteiger partial charge in [0.2, 0.25) is 5.91 Å². The van der Waals surface area contributed by atoms with E-state index in [2.05, 4.69) is 45.3 Å². The first-order valence-electron chi connectivity index (χ1n) is 12.3. The minimum absolute atomic E-state index is 0.157. The summed E-state index contributed by atoms with van der Waals surface area (Å²) in [5.41, 5.74) is 3.11. The van der Waals surface area contributed by atoms with Crippen LogP contribution in [0.5, 0.6) is 5.75 Å². The van der Waals surface area contributed by atoms with Crippen LogP contribution in [-0.4, -0.2) is 59.4 Å². The van der Waals surface area contributed by atoms with Gasteiger partial charge in [-0.25, -0.2) is 9.97 Å². The van der Waals surface area contributed by atoms with E-state index in [1.54, 1.807) is 12.4 Å². The van der Waals surface area contributed by atoms with Crippen molar-refractivity contribution in [2.75, 3.05) is 38.2 Å². The number of rotatable bonds is 7. The molecule has 1 amide bonds. The van der Waals surface area contributed by atoms with E-state index < -0.39 is 5.79 Å². The molecule has 4 heterocycles. The van der Waals surface area contributed by atoms with Crippen LogP contribution in [0.4, 0.5) is 5.69 Å². The third kappa shape index (κ3) is 4.54. The van der Waals surface area contributed by atoms with Crippen LogP contribution in [0, 0.1) is 0 Å². The van der Waals surface area contributed by atoms with Gasteiger partial charge in [-0.1, -0.05) is 25.5 Å². The summed E-state index contributed by atoms with van der Waals surface area (Å²) in [6.45, 7) is 9.50. The average Bonchev–Trinajstić information content (AvgIpc) is 3.32. The van der Waals surface area contributed by atoms with E-state index in [9.17, 15) is 4.79 Å². The first kappa shape index (κ1) is 23.2. The lowest BCUT2D eigenvalue weighted by atomic mass is 9.73. The molecule has 8 heteroatoms. The smallest absolute Gasteiger partial charge is 0.235 e. The van der Waals surface area contributed by atoms with E-state index in [1.165, 1.54) is 11.1 Å². The number of amides is 1. The van der Waals surface area contributed by atoms with Crippen molar-refractivity contribution in [3.05, 3.63) is 47.5 Å². The Bertz CT molecular complexity index is 1030. The van der Waals surface area contributed by atoms with Gasteiger partial charge in [0.1, 0.15) is 12.7 Å². The molecular formula is C26H34N4O4. The maximum atomic E-state index is 13.0. The summed E-state index contributed by atoms with van der Waals surface area (Å²) in [5.74, 6) is 0.804. The van der Waals surface area contributed by atoms with Gasteiger partial charge in [0.15, 0.2) is 17.4 Å². The van der Waals surface area contributed by atoms with E-state index in [1.807, 2.05) is 13.8 Å². The molecule has 0 aliphatic carbocycles. The molecule has 0 radical (unpaired) electrons. The van der Waals surface area contributed by atoms with Gasteiger partial charge < -0.3 is 19.5 Å². The van der Waals surface area contributed by atoms with Crippen molar-refractivity contribution in [1.29, 1.82) is 0 Å². The molecule has 1 N–H and O–H groups in total. The standard InChI is InChI=1S/C26H34N4O4/c1-4-5-18-6-7-21-20(14-18)26(24(31)29-21)8-10-30(11-9-26)12-13-32-19-15-27-23(28-16-19)22-17-33-25(2,3)34-22/h6-7,14-16,22H,4-5,8-13,17H2,1-3H3,(H,29,31). The van der Waals surface area contributed by atoms with E-state index >= 15 is 0 Å². The third-order valence-electron chi connectivity index (χ3n) is 7.15. The van der Waals surface area contributed by atoms with E-state index in [4.69, 9.17) is 14.2 Å². The second-order valence-electron chi connectivity index (χ2n) is 9.95. The van der Waals surface area contributed by atoms with Crippen molar-refractivity contribution < 1.29 is 19.0 Å². The van der Waals surface area contributed by atoms with Gasteiger partial charge in [-0.15, -0.1) is 0 Å². The predicted molar refractivity (Wildman–Crippen MR) is 128 cm³/mol. The van der Waals surface area contributed by atoms with E-state index in [0.29, 0.717) is 24.8 Å². The number of anilines is 1. The highest BCUT2D eigenvalue weighted by molar-refractivity contribution is 6.06. The summed E-state index contributed by atoms with van der Waals surface area (Å²) < 4.78 is 17.3. The molecule has 1 aromatic carbocycles. The number of hydrogen-bond donors (Lipinski definition) is 1. The second-order valence-corrected chi connectivity index (χ2v) is 9.95. The zero-order valence-electron chi connectivity index (χ0n) is 20.3. The number of nitrogens with one attached hydrogen (secondary N) is 1. The lowest BCUT2D eigenvalue weighted by Crippen LogP contribution is -2.47. The Morgan fingerprint density at radius 1 is 1.21 bits per heavy atom. The highest BCUT2D eigenvalue weighted by Crippen LogP contribution is 2.45. The van der Waals surface area contributed by atoms with Crippen molar-refractivity contribution in [3.63, 3.8) is 0 Å². The Balaban J connectivity index is 1.12. The van der Waals surface area contributed by atoms with Crippen molar-refractivity contribution in [2.24, 2.45) is 0 Å². The van der Waals surface area contributed by atoms with Crippen LogP contribution in [0.15, 0.2) is 30.6 Å². The van der Waals surface area contributed by atoms with Gasteiger partial charge in [0, 0.05) is 12.2 Å². The summed E-state index contributed by atoms with van der Waals surface area (Å²) in [6.07, 6.45) is 6.95. The number of fused-ring (bicyclic) bond motifs is 2. The summed E-state index contributed by atoms with van der Waals surface area (Å²) >= 11 is 0. The topological polar surface area (TPSA) is 85.8 Å². The number of aromatic nitrogens is 2. The van der Waals surface area contributed by atoms with Gasteiger partial charge in [-0.3, -0.25) is 9.69 Å². The second kappa shape index (κ2) is 9.24. The zero-order valence-corrected chi connectivity index (χ0v) is 20.3. The first-order chi connectivity index (χ1) is 16.4. The number of carbonyl (C=O) groups excluding carboxylic acids is 1. The van der Waals surface area contributed by atoms with Crippen molar-refractivity contribution in [3.8, 4) is 5.75 Å². The zero-order chi connectivity index (χ0) is 23.8. The molecule has 34 heavy (non-hydrogen) atoms. The maximum Gasteiger partial charge on any atom is 0.235 e. The lowest BCUT2D eigenvalue weighted by Gasteiger charge is -2.38. The Morgan fingerprint density at radius 3 is 2.65 bits per heavy atom.